The van der Waals surface area contributed by atoms with E-state index >= 15 is 0 Å². The summed E-state index contributed by atoms with van der Waals surface area (Å²) >= 11 is 1.36. The molecule has 6 heteroatoms. The van der Waals surface area contributed by atoms with Gasteiger partial charge < -0.3 is 14.8 Å². The molecule has 1 aromatic rings. The van der Waals surface area contributed by atoms with Gasteiger partial charge in [-0.2, -0.15) is 0 Å². The fourth-order valence-corrected chi connectivity index (χ4v) is 2.17. The van der Waals surface area contributed by atoms with E-state index < -0.39 is 12.1 Å². The molecule has 0 unspecified atom stereocenters. The molecule has 0 aliphatic heterocycles. The Morgan fingerprint density at radius 2 is 1.95 bits per heavy atom. The van der Waals surface area contributed by atoms with Crippen LogP contribution in [0.3, 0.4) is 0 Å². The van der Waals surface area contributed by atoms with Crippen molar-refractivity contribution in [1.82, 2.24) is 5.32 Å². The fraction of sp³-hybridized carbons (Fsp3) is 0.467. The molecule has 0 bridgehead atoms. The van der Waals surface area contributed by atoms with Gasteiger partial charge in [-0.25, -0.2) is 0 Å². The molecule has 0 saturated heterocycles. The van der Waals surface area contributed by atoms with Gasteiger partial charge in [0.05, 0.1) is 12.9 Å². The Kier molecular flexibility index (Phi) is 7.68. The first-order valence-electron chi connectivity index (χ1n) is 6.80. The number of thioether (sulfide) groups is 1. The van der Waals surface area contributed by atoms with Gasteiger partial charge in [0.2, 0.25) is 0 Å². The standard InChI is InChI=1S/C15H21NO4S/c1-4-9-16-15(18)11(2)20-14(17)10-21-13-7-5-12(19-3)6-8-13/h5-8,11H,4,9-10H2,1-3H3,(H,16,18)/t11-/m1/s1. The van der Waals surface area contributed by atoms with Gasteiger partial charge in [-0.05, 0) is 37.6 Å². The molecular weight excluding hydrogens is 290 g/mol. The molecule has 0 spiro atoms. The third-order valence-corrected chi connectivity index (χ3v) is 3.63. The maximum Gasteiger partial charge on any atom is 0.317 e. The lowest BCUT2D eigenvalue weighted by atomic mass is 10.3. The van der Waals surface area contributed by atoms with Crippen LogP contribution in [0.4, 0.5) is 0 Å². The molecule has 0 radical (unpaired) electrons. The van der Waals surface area contributed by atoms with E-state index in [1.54, 1.807) is 14.0 Å². The highest BCUT2D eigenvalue weighted by molar-refractivity contribution is 8.00. The highest BCUT2D eigenvalue weighted by Crippen LogP contribution is 2.21. The van der Waals surface area contributed by atoms with Crippen LogP contribution in [0, 0.1) is 0 Å². The monoisotopic (exact) mass is 311 g/mol. The Hall–Kier alpha value is -1.69. The highest BCUT2D eigenvalue weighted by Gasteiger charge is 2.17. The minimum Gasteiger partial charge on any atom is -0.497 e. The fourth-order valence-electron chi connectivity index (χ4n) is 1.49. The van der Waals surface area contributed by atoms with E-state index in [2.05, 4.69) is 5.32 Å². The smallest absolute Gasteiger partial charge is 0.317 e. The van der Waals surface area contributed by atoms with E-state index in [-0.39, 0.29) is 11.7 Å². The summed E-state index contributed by atoms with van der Waals surface area (Å²) in [6.07, 6.45) is 0.0835. The summed E-state index contributed by atoms with van der Waals surface area (Å²) < 4.78 is 10.1. The number of rotatable bonds is 8. The molecule has 1 N–H and O–H groups in total. The normalized spacial score (nSPS) is 11.6. The first-order chi connectivity index (χ1) is 10.1. The lowest BCUT2D eigenvalue weighted by Gasteiger charge is -2.13. The van der Waals surface area contributed by atoms with E-state index in [1.165, 1.54) is 11.8 Å². The van der Waals surface area contributed by atoms with Crippen molar-refractivity contribution in [1.29, 1.82) is 0 Å². The van der Waals surface area contributed by atoms with Crippen molar-refractivity contribution in [3.8, 4) is 5.75 Å². The molecule has 5 nitrogen and oxygen atoms in total. The minimum absolute atomic E-state index is 0.164. The van der Waals surface area contributed by atoms with Crippen LogP contribution in [0.1, 0.15) is 20.3 Å². The van der Waals surface area contributed by atoms with Gasteiger partial charge in [0.25, 0.3) is 5.91 Å². The maximum absolute atomic E-state index is 11.7. The zero-order chi connectivity index (χ0) is 15.7. The van der Waals surface area contributed by atoms with E-state index in [0.29, 0.717) is 6.54 Å². The molecule has 1 aromatic carbocycles. The molecule has 1 atom stereocenters. The zero-order valence-corrected chi connectivity index (χ0v) is 13.4. The molecule has 0 aliphatic rings. The molecule has 0 aliphatic carbocycles. The lowest BCUT2D eigenvalue weighted by Crippen LogP contribution is -2.36. The summed E-state index contributed by atoms with van der Waals surface area (Å²) in [5.41, 5.74) is 0. The Morgan fingerprint density at radius 1 is 1.29 bits per heavy atom. The molecule has 0 heterocycles. The van der Waals surface area contributed by atoms with Gasteiger partial charge in [-0.15, -0.1) is 11.8 Å². The minimum atomic E-state index is -0.763. The van der Waals surface area contributed by atoms with Gasteiger partial charge in [-0.3, -0.25) is 9.59 Å². The van der Waals surface area contributed by atoms with E-state index in [0.717, 1.165) is 17.1 Å². The molecule has 21 heavy (non-hydrogen) atoms. The summed E-state index contributed by atoms with van der Waals surface area (Å²) in [6.45, 7) is 4.12. The van der Waals surface area contributed by atoms with Crippen LogP contribution in [0.25, 0.3) is 0 Å². The summed E-state index contributed by atoms with van der Waals surface area (Å²) in [7, 11) is 1.60. The summed E-state index contributed by atoms with van der Waals surface area (Å²) in [5.74, 6) is 0.260. The summed E-state index contributed by atoms with van der Waals surface area (Å²) in [6, 6.07) is 7.39. The maximum atomic E-state index is 11.7. The number of nitrogens with one attached hydrogen (secondary N) is 1. The predicted octanol–water partition coefficient (Wildman–Crippen LogP) is 2.25. The number of esters is 1. The first kappa shape index (κ1) is 17.4. The van der Waals surface area contributed by atoms with Crippen molar-refractivity contribution in [2.75, 3.05) is 19.4 Å². The third kappa shape index (κ3) is 6.53. The Balaban J connectivity index is 2.34. The van der Waals surface area contributed by atoms with Crippen LogP contribution >= 0.6 is 11.8 Å². The molecule has 1 amide bonds. The zero-order valence-electron chi connectivity index (χ0n) is 12.5. The second-order valence-electron chi connectivity index (χ2n) is 4.39. The van der Waals surface area contributed by atoms with Crippen molar-refractivity contribution in [2.45, 2.75) is 31.3 Å². The van der Waals surface area contributed by atoms with Crippen LogP contribution < -0.4 is 10.1 Å². The average molecular weight is 311 g/mol. The average Bonchev–Trinajstić information content (AvgIpc) is 2.50. The summed E-state index contributed by atoms with van der Waals surface area (Å²) in [5, 5.41) is 2.69. The largest absolute Gasteiger partial charge is 0.497 e. The second kappa shape index (κ2) is 9.28. The Morgan fingerprint density at radius 3 is 2.52 bits per heavy atom. The lowest BCUT2D eigenvalue weighted by molar-refractivity contribution is -0.152. The third-order valence-electron chi connectivity index (χ3n) is 2.64. The van der Waals surface area contributed by atoms with Gasteiger partial charge in [0.15, 0.2) is 6.10 Å². The quantitative estimate of drug-likeness (QED) is 0.589. The summed E-state index contributed by atoms with van der Waals surface area (Å²) in [4.78, 5) is 24.2. The van der Waals surface area contributed by atoms with E-state index in [1.807, 2.05) is 31.2 Å². The molecule has 0 aromatic heterocycles. The van der Waals surface area contributed by atoms with Crippen LogP contribution in [-0.4, -0.2) is 37.4 Å². The van der Waals surface area contributed by atoms with Gasteiger partial charge in [0.1, 0.15) is 5.75 Å². The number of carbonyl (C=O) groups is 2. The Labute approximate surface area is 129 Å². The second-order valence-corrected chi connectivity index (χ2v) is 5.44. The van der Waals surface area contributed by atoms with Crippen LogP contribution in [0.2, 0.25) is 0 Å². The van der Waals surface area contributed by atoms with Crippen LogP contribution in [0.5, 0.6) is 5.75 Å². The topological polar surface area (TPSA) is 64.6 Å². The van der Waals surface area contributed by atoms with Crippen LogP contribution in [-0.2, 0) is 14.3 Å². The highest BCUT2D eigenvalue weighted by atomic mass is 32.2. The molecular formula is C15H21NO4S. The Bertz CT molecular complexity index is 461. The molecule has 116 valence electrons. The number of hydrogen-bond acceptors (Lipinski definition) is 5. The van der Waals surface area contributed by atoms with Gasteiger partial charge in [-0.1, -0.05) is 6.92 Å². The molecule has 0 saturated carbocycles. The van der Waals surface area contributed by atoms with Crippen molar-refractivity contribution >= 4 is 23.6 Å². The van der Waals surface area contributed by atoms with Crippen molar-refractivity contribution in [2.24, 2.45) is 0 Å². The van der Waals surface area contributed by atoms with E-state index in [9.17, 15) is 9.59 Å². The molecule has 1 rings (SSSR count). The van der Waals surface area contributed by atoms with Crippen molar-refractivity contribution in [3.63, 3.8) is 0 Å². The van der Waals surface area contributed by atoms with Crippen molar-refractivity contribution < 1.29 is 19.1 Å². The van der Waals surface area contributed by atoms with E-state index in [4.69, 9.17) is 9.47 Å². The number of hydrogen-bond donors (Lipinski definition) is 1. The van der Waals surface area contributed by atoms with Crippen LogP contribution in [0.15, 0.2) is 29.2 Å². The van der Waals surface area contributed by atoms with Gasteiger partial charge >= 0.3 is 5.97 Å². The number of methoxy groups -OCH3 is 1. The first-order valence-corrected chi connectivity index (χ1v) is 7.79. The SMILES string of the molecule is CCCNC(=O)[C@@H](C)OC(=O)CSc1ccc(OC)cc1. The predicted molar refractivity (Wildman–Crippen MR) is 82.6 cm³/mol. The van der Waals surface area contributed by atoms with Gasteiger partial charge in [0, 0.05) is 11.4 Å². The number of carbonyl (C=O) groups excluding carboxylic acids is 2. The molecule has 0 fully saturated rings. The number of ether oxygens (including phenoxy) is 2. The van der Waals surface area contributed by atoms with Crippen molar-refractivity contribution in [3.05, 3.63) is 24.3 Å². The number of amides is 1. The number of benzene rings is 1.